The zero-order valence-electron chi connectivity index (χ0n) is 7.14. The molecule has 1 aromatic carbocycles. The molecule has 15 heavy (non-hydrogen) atoms. The van der Waals surface area contributed by atoms with Crippen molar-refractivity contribution in [1.29, 1.82) is 0 Å². The Labute approximate surface area is 81.5 Å². The predicted molar refractivity (Wildman–Crippen MR) is 41.3 cm³/mol. The van der Waals surface area contributed by atoms with E-state index in [0.717, 1.165) is 18.2 Å². The molecule has 0 unspecified atom stereocenters. The first kappa shape index (κ1) is 9.95. The number of fused-ring (bicyclic) bond motifs is 1. The number of rotatable bonds is 1. The zero-order chi connectivity index (χ0) is 11.3. The lowest BCUT2D eigenvalue weighted by atomic mass is 10.1. The van der Waals surface area contributed by atoms with Gasteiger partial charge in [0.1, 0.15) is 12.0 Å². The van der Waals surface area contributed by atoms with E-state index in [0.29, 0.717) is 6.29 Å². The van der Waals surface area contributed by atoms with E-state index >= 15 is 0 Å². The number of carbonyl (C=O) groups excluding carboxylic acids is 1. The Morgan fingerprint density at radius 3 is 2.47 bits per heavy atom. The summed E-state index contributed by atoms with van der Waals surface area (Å²) in [6, 6.07) is 2.65. The summed E-state index contributed by atoms with van der Waals surface area (Å²) in [6.07, 6.45) is -4.20. The molecular weight excluding hydrogens is 216 g/mol. The van der Waals surface area contributed by atoms with E-state index in [1.54, 1.807) is 0 Å². The summed E-state index contributed by atoms with van der Waals surface area (Å²) in [4.78, 5) is 10.3. The quantitative estimate of drug-likeness (QED) is 0.537. The monoisotopic (exact) mass is 220 g/mol. The first-order chi connectivity index (χ1) is 6.88. The topological polar surface area (TPSA) is 26.3 Å². The Kier molecular flexibility index (Phi) is 1.80. The summed E-state index contributed by atoms with van der Waals surface area (Å²) in [5, 5.41) is 0. The van der Waals surface area contributed by atoms with Gasteiger partial charge < -0.3 is 4.74 Å². The highest BCUT2D eigenvalue weighted by Gasteiger charge is 2.66. The summed E-state index contributed by atoms with van der Waals surface area (Å²) in [7, 11) is 0. The number of hydrogen-bond donors (Lipinski definition) is 0. The summed E-state index contributed by atoms with van der Waals surface area (Å²) in [6.45, 7) is 0. The molecule has 1 aliphatic heterocycles. The van der Waals surface area contributed by atoms with Gasteiger partial charge in [-0.15, -0.1) is 0 Å². The van der Waals surface area contributed by atoms with Crippen molar-refractivity contribution in [3.05, 3.63) is 29.3 Å². The van der Waals surface area contributed by atoms with Crippen molar-refractivity contribution in [3.8, 4) is 5.75 Å². The molecule has 80 valence electrons. The van der Waals surface area contributed by atoms with Crippen molar-refractivity contribution in [2.24, 2.45) is 0 Å². The number of hydrogen-bond acceptors (Lipinski definition) is 2. The van der Waals surface area contributed by atoms with Crippen LogP contribution in [0.2, 0.25) is 0 Å². The first-order valence-electron chi connectivity index (χ1n) is 3.93. The van der Waals surface area contributed by atoms with Gasteiger partial charge in [-0.1, -0.05) is 6.07 Å². The summed E-state index contributed by atoms with van der Waals surface area (Å²) >= 11 is 0. The fourth-order valence-electron chi connectivity index (χ4n) is 1.32. The fraction of sp³-hybridized carbons (Fsp3) is 0.222. The van der Waals surface area contributed by atoms with Crippen molar-refractivity contribution < 1.29 is 27.1 Å². The molecule has 0 fully saturated rings. The van der Waals surface area contributed by atoms with Gasteiger partial charge in [0.15, 0.2) is 0 Å². The minimum atomic E-state index is -4.56. The number of aldehydes is 1. The van der Waals surface area contributed by atoms with Crippen molar-refractivity contribution in [1.82, 2.24) is 0 Å². The van der Waals surface area contributed by atoms with Crippen LogP contribution in [-0.4, -0.2) is 12.4 Å². The van der Waals surface area contributed by atoms with E-state index in [1.807, 2.05) is 0 Å². The maximum atomic E-state index is 13.0. The maximum Gasteiger partial charge on any atom is 0.469 e. The second-order valence-electron chi connectivity index (χ2n) is 3.07. The van der Waals surface area contributed by atoms with Gasteiger partial charge in [-0.25, -0.2) is 0 Å². The van der Waals surface area contributed by atoms with Crippen LogP contribution in [0.15, 0.2) is 18.2 Å². The van der Waals surface area contributed by atoms with Crippen molar-refractivity contribution in [3.63, 3.8) is 0 Å². The third-order valence-electron chi connectivity index (χ3n) is 2.08. The van der Waals surface area contributed by atoms with Crippen LogP contribution in [0.3, 0.4) is 0 Å². The lowest BCUT2D eigenvalue weighted by molar-refractivity contribution is -0.296. The molecule has 2 nitrogen and oxygen atoms in total. The van der Waals surface area contributed by atoms with Crippen LogP contribution in [-0.2, 0) is 5.92 Å². The number of carbonyl (C=O) groups is 1. The van der Waals surface area contributed by atoms with Crippen LogP contribution in [0, 0.1) is 0 Å². The normalized spacial score (nSPS) is 20.5. The number of benzene rings is 1. The van der Waals surface area contributed by atoms with Crippen molar-refractivity contribution >= 4 is 6.29 Å². The van der Waals surface area contributed by atoms with Crippen LogP contribution in [0.1, 0.15) is 15.9 Å². The van der Waals surface area contributed by atoms with Gasteiger partial charge in [0.05, 0.1) is 5.56 Å². The van der Waals surface area contributed by atoms with E-state index in [4.69, 9.17) is 0 Å². The molecule has 0 N–H and O–H groups in total. The van der Waals surface area contributed by atoms with Crippen molar-refractivity contribution in [2.45, 2.75) is 12.0 Å². The average Bonchev–Trinajstić information content (AvgIpc) is 2.33. The molecule has 0 amide bonds. The van der Waals surface area contributed by atoms with E-state index < -0.39 is 23.3 Å². The maximum absolute atomic E-state index is 13.0. The molecule has 0 spiro atoms. The molecule has 1 heterocycles. The number of halogens is 4. The Bertz CT molecular complexity index is 428. The molecule has 0 aliphatic carbocycles. The van der Waals surface area contributed by atoms with Crippen molar-refractivity contribution in [2.75, 3.05) is 0 Å². The van der Waals surface area contributed by atoms with Gasteiger partial charge in [-0.3, -0.25) is 4.79 Å². The predicted octanol–water partition coefficient (Wildman–Crippen LogP) is 2.58. The Morgan fingerprint density at radius 2 is 1.87 bits per heavy atom. The first-order valence-corrected chi connectivity index (χ1v) is 3.93. The largest absolute Gasteiger partial charge is 0.469 e. The molecule has 0 saturated carbocycles. The van der Waals surface area contributed by atoms with Crippen LogP contribution >= 0.6 is 0 Å². The van der Waals surface area contributed by atoms with Gasteiger partial charge >= 0.3 is 12.0 Å². The second-order valence-corrected chi connectivity index (χ2v) is 3.07. The lowest BCUT2D eigenvalue weighted by Gasteiger charge is -2.15. The molecule has 1 aliphatic rings. The highest BCUT2D eigenvalue weighted by Crippen LogP contribution is 2.53. The third-order valence-corrected chi connectivity index (χ3v) is 2.08. The highest BCUT2D eigenvalue weighted by molar-refractivity contribution is 5.76. The van der Waals surface area contributed by atoms with Crippen LogP contribution in [0.5, 0.6) is 5.75 Å². The lowest BCUT2D eigenvalue weighted by Crippen LogP contribution is -2.36. The molecule has 0 bridgehead atoms. The minimum Gasteiger partial charge on any atom is -0.427 e. The smallest absolute Gasteiger partial charge is 0.427 e. The van der Waals surface area contributed by atoms with Gasteiger partial charge in [0.2, 0.25) is 0 Å². The van der Waals surface area contributed by atoms with Crippen LogP contribution in [0.4, 0.5) is 17.6 Å². The average molecular weight is 220 g/mol. The van der Waals surface area contributed by atoms with Gasteiger partial charge in [-0.2, -0.15) is 17.6 Å². The Morgan fingerprint density at radius 1 is 1.20 bits per heavy atom. The SMILES string of the molecule is O=Cc1ccc2c(c1)OC(F)(F)C2(F)F. The van der Waals surface area contributed by atoms with E-state index in [9.17, 15) is 22.4 Å². The third kappa shape index (κ3) is 1.20. The molecule has 6 heteroatoms. The number of alkyl halides is 4. The Hall–Kier alpha value is -1.59. The van der Waals surface area contributed by atoms with Gasteiger partial charge in [0.25, 0.3) is 0 Å². The molecule has 1 aromatic rings. The number of ether oxygens (including phenoxy) is 1. The van der Waals surface area contributed by atoms with Gasteiger partial charge in [0, 0.05) is 5.56 Å². The molecule has 0 radical (unpaired) electrons. The van der Waals surface area contributed by atoms with Gasteiger partial charge in [-0.05, 0) is 12.1 Å². The molecular formula is C9H4F4O2. The summed E-state index contributed by atoms with van der Waals surface area (Å²) in [5.74, 6) is -5.02. The van der Waals surface area contributed by atoms with Crippen LogP contribution < -0.4 is 4.74 Å². The standard InChI is InChI=1S/C9H4F4O2/c10-8(11)6-2-1-5(4-14)3-7(6)15-9(8,12)13/h1-4H. The molecule has 0 atom stereocenters. The van der Waals surface area contributed by atoms with E-state index in [2.05, 4.69) is 4.74 Å². The summed E-state index contributed by atoms with van der Waals surface area (Å²) < 4.78 is 55.2. The molecule has 0 aromatic heterocycles. The van der Waals surface area contributed by atoms with E-state index in [-0.39, 0.29) is 5.56 Å². The molecule has 2 rings (SSSR count). The van der Waals surface area contributed by atoms with Crippen LogP contribution in [0.25, 0.3) is 0 Å². The van der Waals surface area contributed by atoms with E-state index in [1.165, 1.54) is 0 Å². The summed E-state index contributed by atoms with van der Waals surface area (Å²) in [5.41, 5.74) is -0.902. The zero-order valence-corrected chi connectivity index (χ0v) is 7.14. The molecule has 0 saturated heterocycles. The minimum absolute atomic E-state index is 0.00208. The Balaban J connectivity index is 2.58. The fourth-order valence-corrected chi connectivity index (χ4v) is 1.32. The second kappa shape index (κ2) is 2.71. The highest BCUT2D eigenvalue weighted by atomic mass is 19.3.